The van der Waals surface area contributed by atoms with Crippen LogP contribution in [0, 0.1) is 0 Å². The van der Waals surface area contributed by atoms with Crippen LogP contribution in [0.2, 0.25) is 0 Å². The van der Waals surface area contributed by atoms with E-state index in [1.54, 1.807) is 0 Å². The average Bonchev–Trinajstić information content (AvgIpc) is 4.06. The third kappa shape index (κ3) is 6.68. The zero-order valence-electron chi connectivity index (χ0n) is 40.1. The lowest BCUT2D eigenvalue weighted by Crippen LogP contribution is -2.06. The van der Waals surface area contributed by atoms with Gasteiger partial charge in [0, 0.05) is 38.4 Å². The maximum Gasteiger partial charge on any atom is 0.238 e. The third-order valence-electron chi connectivity index (χ3n) is 14.9. The molecule has 0 atom stereocenters. The van der Waals surface area contributed by atoms with Gasteiger partial charge in [0.15, 0.2) is 11.6 Å². The lowest BCUT2D eigenvalue weighted by atomic mass is 9.91. The average molecular weight is 942 g/mol. The van der Waals surface area contributed by atoms with Crippen molar-refractivity contribution in [1.82, 2.24) is 24.1 Å². The molecule has 12 aromatic carbocycles. The Balaban J connectivity index is 0.861. The monoisotopic (exact) mass is 941 g/mol. The number of hydrogen-bond acceptors (Lipinski definition) is 3. The lowest BCUT2D eigenvalue weighted by Gasteiger charge is -2.13. The highest BCUT2D eigenvalue weighted by Gasteiger charge is 2.23. The molecule has 0 N–H and O–H groups in total. The molecule has 0 fully saturated rings. The smallest absolute Gasteiger partial charge is 0.238 e. The van der Waals surface area contributed by atoms with Crippen LogP contribution in [0.3, 0.4) is 0 Å². The molecule has 0 aliphatic carbocycles. The molecular weight excluding hydrogens is 899 g/mol. The Hall–Kier alpha value is -9.97. The van der Waals surface area contributed by atoms with Gasteiger partial charge >= 0.3 is 0 Å². The van der Waals surface area contributed by atoms with Gasteiger partial charge in [-0.15, -0.1) is 0 Å². The molecule has 0 saturated carbocycles. The van der Waals surface area contributed by atoms with E-state index < -0.39 is 0 Å². The predicted octanol–water partition coefficient (Wildman–Crippen LogP) is 17.9. The van der Waals surface area contributed by atoms with E-state index in [9.17, 15) is 0 Å². The number of rotatable bonds is 7. The summed E-state index contributed by atoms with van der Waals surface area (Å²) < 4.78 is 4.67. The van der Waals surface area contributed by atoms with Crippen molar-refractivity contribution in [3.63, 3.8) is 0 Å². The highest BCUT2D eigenvalue weighted by molar-refractivity contribution is 6.27. The summed E-state index contributed by atoms with van der Waals surface area (Å²) in [5, 5.41) is 12.3. The molecular formula is C69H43N5. The van der Waals surface area contributed by atoms with Crippen LogP contribution in [0.1, 0.15) is 0 Å². The topological polar surface area (TPSA) is 48.5 Å². The molecule has 74 heavy (non-hydrogen) atoms. The second kappa shape index (κ2) is 16.8. The van der Waals surface area contributed by atoms with E-state index in [-0.39, 0.29) is 0 Å². The van der Waals surface area contributed by atoms with Crippen LogP contribution in [0.4, 0.5) is 0 Å². The van der Waals surface area contributed by atoms with Crippen LogP contribution >= 0.6 is 0 Å². The van der Waals surface area contributed by atoms with Gasteiger partial charge in [0.1, 0.15) is 0 Å². The molecule has 5 nitrogen and oxygen atoms in total. The molecule has 15 aromatic rings. The van der Waals surface area contributed by atoms with Gasteiger partial charge in [0.25, 0.3) is 0 Å². The van der Waals surface area contributed by atoms with Crippen molar-refractivity contribution < 1.29 is 0 Å². The van der Waals surface area contributed by atoms with Gasteiger partial charge in [-0.3, -0.25) is 4.57 Å². The molecule has 0 aliphatic heterocycles. The molecule has 0 radical (unpaired) electrons. The van der Waals surface area contributed by atoms with E-state index in [0.717, 1.165) is 71.6 Å². The SMILES string of the molecule is c1ccc(-c2nc(-c3ccccc3)nc(-n3c4ccccc4c4ccc5c(c6ccccc6n5-c5cccc(-c6cccc(-c7cccc(-c8ccc9c%10ccccc%10c%10ccccc%10c9c8)c7)c6)c5)c43)n2)cc1. The van der Waals surface area contributed by atoms with Crippen molar-refractivity contribution >= 4 is 75.9 Å². The summed E-state index contributed by atoms with van der Waals surface area (Å²) in [4.78, 5) is 15.6. The fraction of sp³-hybridized carbons (Fsp3) is 0. The van der Waals surface area contributed by atoms with Crippen molar-refractivity contribution in [3.8, 4) is 67.8 Å². The van der Waals surface area contributed by atoms with Crippen LogP contribution in [0.15, 0.2) is 261 Å². The van der Waals surface area contributed by atoms with Crippen molar-refractivity contribution in [2.45, 2.75) is 0 Å². The minimum absolute atomic E-state index is 0.570. The fourth-order valence-corrected chi connectivity index (χ4v) is 11.6. The molecule has 0 spiro atoms. The van der Waals surface area contributed by atoms with Gasteiger partial charge in [0.05, 0.1) is 22.1 Å². The van der Waals surface area contributed by atoms with Crippen molar-refractivity contribution in [1.29, 1.82) is 0 Å². The van der Waals surface area contributed by atoms with Crippen LogP contribution in [0.5, 0.6) is 0 Å². The molecule has 15 rings (SSSR count). The summed E-state index contributed by atoms with van der Waals surface area (Å²) in [6.07, 6.45) is 0. The summed E-state index contributed by atoms with van der Waals surface area (Å²) in [5.41, 5.74) is 14.3. The number of aromatic nitrogens is 5. The first-order chi connectivity index (χ1) is 36.7. The summed E-state index contributed by atoms with van der Waals surface area (Å²) in [7, 11) is 0. The highest BCUT2D eigenvalue weighted by atomic mass is 15.2. The molecule has 0 amide bonds. The second-order valence-electron chi connectivity index (χ2n) is 19.1. The Bertz CT molecular complexity index is 4630. The normalized spacial score (nSPS) is 11.8. The molecule has 0 aliphatic rings. The predicted molar refractivity (Wildman–Crippen MR) is 308 cm³/mol. The number of hydrogen-bond donors (Lipinski definition) is 0. The van der Waals surface area contributed by atoms with Crippen LogP contribution in [-0.2, 0) is 0 Å². The largest absolute Gasteiger partial charge is 0.309 e. The number of benzene rings is 12. The molecule has 344 valence electrons. The van der Waals surface area contributed by atoms with Crippen LogP contribution in [0.25, 0.3) is 144 Å². The Morgan fingerprint density at radius 3 is 1.23 bits per heavy atom. The number of nitrogens with zero attached hydrogens (tertiary/aromatic N) is 5. The molecule has 0 unspecified atom stereocenters. The van der Waals surface area contributed by atoms with Gasteiger partial charge in [0.2, 0.25) is 5.95 Å². The van der Waals surface area contributed by atoms with E-state index in [4.69, 9.17) is 15.0 Å². The standard InChI is InChI=1S/C69H43N5/c1-3-18-44(19-4-1)67-70-68(45-20-5-2-6-21-45)72-69(71-67)74-62-34-13-11-32-58(62)59-38-39-64-65(66(59)74)60-33-12-14-35-63(60)73(64)52-27-17-26-50(42-52)48-24-15-22-46(40-48)47-23-16-25-49(41-47)51-36-37-57-55-30-8-7-28-53(55)54-29-9-10-31-56(54)61(57)43-51/h1-43H. The summed E-state index contributed by atoms with van der Waals surface area (Å²) in [6.45, 7) is 0. The number of para-hydroxylation sites is 2. The summed E-state index contributed by atoms with van der Waals surface area (Å²) >= 11 is 0. The second-order valence-corrected chi connectivity index (χ2v) is 19.1. The minimum atomic E-state index is 0.570. The maximum absolute atomic E-state index is 5.28. The maximum atomic E-state index is 5.28. The van der Waals surface area contributed by atoms with E-state index in [2.05, 4.69) is 234 Å². The Labute approximate surface area is 426 Å². The van der Waals surface area contributed by atoms with Crippen molar-refractivity contribution in [3.05, 3.63) is 261 Å². The lowest BCUT2D eigenvalue weighted by molar-refractivity contribution is 0.955. The molecule has 3 aromatic heterocycles. The molecule has 0 bridgehead atoms. The molecule has 3 heterocycles. The fourth-order valence-electron chi connectivity index (χ4n) is 11.6. The summed E-state index contributed by atoms with van der Waals surface area (Å²) in [5.74, 6) is 1.81. The zero-order valence-corrected chi connectivity index (χ0v) is 40.1. The van der Waals surface area contributed by atoms with Gasteiger partial charge in [-0.2, -0.15) is 9.97 Å². The quantitative estimate of drug-likeness (QED) is 0.150. The Kier molecular flexibility index (Phi) is 9.50. The van der Waals surface area contributed by atoms with E-state index in [1.807, 2.05) is 36.4 Å². The minimum Gasteiger partial charge on any atom is -0.309 e. The van der Waals surface area contributed by atoms with E-state index in [0.29, 0.717) is 17.6 Å². The first-order valence-electron chi connectivity index (χ1n) is 25.2. The zero-order chi connectivity index (χ0) is 48.7. The van der Waals surface area contributed by atoms with Crippen LogP contribution < -0.4 is 0 Å². The van der Waals surface area contributed by atoms with Crippen molar-refractivity contribution in [2.24, 2.45) is 0 Å². The molecule has 0 saturated heterocycles. The summed E-state index contributed by atoms with van der Waals surface area (Å²) in [6, 6.07) is 93.7. The third-order valence-corrected chi connectivity index (χ3v) is 14.9. The van der Waals surface area contributed by atoms with Crippen LogP contribution in [-0.4, -0.2) is 24.1 Å². The molecule has 5 heteroatoms. The highest BCUT2D eigenvalue weighted by Crippen LogP contribution is 2.43. The van der Waals surface area contributed by atoms with Gasteiger partial charge in [-0.1, -0.05) is 212 Å². The van der Waals surface area contributed by atoms with Gasteiger partial charge in [-0.25, -0.2) is 4.98 Å². The van der Waals surface area contributed by atoms with E-state index >= 15 is 0 Å². The van der Waals surface area contributed by atoms with E-state index in [1.165, 1.54) is 54.6 Å². The van der Waals surface area contributed by atoms with Crippen molar-refractivity contribution in [2.75, 3.05) is 0 Å². The van der Waals surface area contributed by atoms with Gasteiger partial charge in [-0.05, 0) is 114 Å². The Morgan fingerprint density at radius 1 is 0.230 bits per heavy atom. The first kappa shape index (κ1) is 41.8. The Morgan fingerprint density at radius 2 is 0.649 bits per heavy atom. The first-order valence-corrected chi connectivity index (χ1v) is 25.2. The van der Waals surface area contributed by atoms with Gasteiger partial charge < -0.3 is 4.57 Å². The number of fused-ring (bicyclic) bond motifs is 13.